The SMILES string of the molecule is CC(C)[C@H](N)COc1ccc(Cl)cc1C(=O)N[C@H](C(=O)N[C@@H](Cc1ccccc1)C(=O)O)C(C)C. The van der Waals surface area contributed by atoms with Gasteiger partial charge in [0, 0.05) is 17.5 Å². The summed E-state index contributed by atoms with van der Waals surface area (Å²) in [5.74, 6) is -2.16. The highest BCUT2D eigenvalue weighted by molar-refractivity contribution is 6.31. The number of carboxylic acid groups (broad SMARTS) is 1. The van der Waals surface area contributed by atoms with Crippen molar-refractivity contribution in [3.05, 3.63) is 64.7 Å². The lowest BCUT2D eigenvalue weighted by atomic mass is 10.0. The molecule has 2 rings (SSSR count). The molecule has 0 unspecified atom stereocenters. The van der Waals surface area contributed by atoms with Gasteiger partial charge in [0.1, 0.15) is 24.4 Å². The first-order chi connectivity index (χ1) is 16.5. The fraction of sp³-hybridized carbons (Fsp3) is 0.423. The minimum atomic E-state index is -1.16. The number of rotatable bonds is 12. The van der Waals surface area contributed by atoms with E-state index >= 15 is 0 Å². The number of aliphatic carboxylic acids is 1. The Labute approximate surface area is 211 Å². The van der Waals surface area contributed by atoms with Crippen LogP contribution in [0.15, 0.2) is 48.5 Å². The van der Waals surface area contributed by atoms with E-state index in [4.69, 9.17) is 22.1 Å². The van der Waals surface area contributed by atoms with Crippen LogP contribution in [-0.4, -0.2) is 47.6 Å². The highest BCUT2D eigenvalue weighted by atomic mass is 35.5. The summed E-state index contributed by atoms with van der Waals surface area (Å²) in [6.45, 7) is 7.66. The third kappa shape index (κ3) is 8.56. The average molecular weight is 504 g/mol. The summed E-state index contributed by atoms with van der Waals surface area (Å²) < 4.78 is 5.78. The van der Waals surface area contributed by atoms with Gasteiger partial charge in [0.15, 0.2) is 0 Å². The van der Waals surface area contributed by atoms with Crippen LogP contribution in [0.5, 0.6) is 5.75 Å². The van der Waals surface area contributed by atoms with Gasteiger partial charge in [0.05, 0.1) is 5.56 Å². The molecular formula is C26H34ClN3O5. The second-order valence-electron chi connectivity index (χ2n) is 9.14. The molecule has 0 aliphatic rings. The van der Waals surface area contributed by atoms with Gasteiger partial charge in [-0.15, -0.1) is 0 Å². The third-order valence-corrected chi connectivity index (χ3v) is 5.84. The van der Waals surface area contributed by atoms with E-state index in [1.165, 1.54) is 6.07 Å². The number of nitrogens with one attached hydrogen (secondary N) is 2. The topological polar surface area (TPSA) is 131 Å². The lowest BCUT2D eigenvalue weighted by Gasteiger charge is -2.25. The molecule has 0 bridgehead atoms. The Hall–Kier alpha value is -3.10. The van der Waals surface area contributed by atoms with E-state index in [2.05, 4.69) is 10.6 Å². The van der Waals surface area contributed by atoms with Crippen molar-refractivity contribution in [3.63, 3.8) is 0 Å². The molecule has 3 atom stereocenters. The molecule has 0 heterocycles. The quantitative estimate of drug-likeness (QED) is 0.351. The Bertz CT molecular complexity index is 1010. The smallest absolute Gasteiger partial charge is 0.326 e. The van der Waals surface area contributed by atoms with E-state index in [1.54, 1.807) is 50.2 Å². The Balaban J connectivity index is 2.17. The normalized spacial score (nSPS) is 13.7. The zero-order valence-electron chi connectivity index (χ0n) is 20.5. The number of hydrogen-bond donors (Lipinski definition) is 4. The molecule has 35 heavy (non-hydrogen) atoms. The van der Waals surface area contributed by atoms with Crippen molar-refractivity contribution in [2.45, 2.75) is 52.2 Å². The molecule has 0 aromatic heterocycles. The van der Waals surface area contributed by atoms with Crippen molar-refractivity contribution in [1.82, 2.24) is 10.6 Å². The van der Waals surface area contributed by atoms with Crippen molar-refractivity contribution < 1.29 is 24.2 Å². The fourth-order valence-corrected chi connectivity index (χ4v) is 3.42. The molecule has 2 amide bonds. The number of carbonyl (C=O) groups excluding carboxylic acids is 2. The lowest BCUT2D eigenvalue weighted by molar-refractivity contribution is -0.142. The van der Waals surface area contributed by atoms with Crippen molar-refractivity contribution in [3.8, 4) is 5.75 Å². The van der Waals surface area contributed by atoms with Crippen LogP contribution in [-0.2, 0) is 16.0 Å². The Morgan fingerprint density at radius 1 is 1.00 bits per heavy atom. The van der Waals surface area contributed by atoms with Gasteiger partial charge in [0.2, 0.25) is 5.91 Å². The van der Waals surface area contributed by atoms with Gasteiger partial charge in [-0.05, 0) is 35.6 Å². The first kappa shape index (κ1) is 28.1. The van der Waals surface area contributed by atoms with E-state index in [1.807, 2.05) is 19.9 Å². The predicted octanol–water partition coefficient (Wildman–Crippen LogP) is 3.27. The van der Waals surface area contributed by atoms with Crippen molar-refractivity contribution in [2.24, 2.45) is 17.6 Å². The van der Waals surface area contributed by atoms with E-state index in [9.17, 15) is 19.5 Å². The number of ether oxygens (including phenoxy) is 1. The van der Waals surface area contributed by atoms with Crippen molar-refractivity contribution in [1.29, 1.82) is 0 Å². The van der Waals surface area contributed by atoms with Crippen molar-refractivity contribution >= 4 is 29.4 Å². The maximum atomic E-state index is 13.1. The zero-order valence-corrected chi connectivity index (χ0v) is 21.2. The summed E-state index contributed by atoms with van der Waals surface area (Å²) in [6, 6.07) is 11.3. The molecule has 0 saturated carbocycles. The molecule has 8 nitrogen and oxygen atoms in total. The number of nitrogens with two attached hydrogens (primary N) is 1. The molecule has 0 radical (unpaired) electrons. The number of carboxylic acids is 1. The average Bonchev–Trinajstić information content (AvgIpc) is 2.81. The van der Waals surface area contributed by atoms with Crippen LogP contribution in [0.25, 0.3) is 0 Å². The van der Waals surface area contributed by atoms with Gasteiger partial charge in [-0.3, -0.25) is 9.59 Å². The standard InChI is InChI=1S/C26H34ClN3O5/c1-15(2)20(28)14-35-22-11-10-18(27)13-19(22)24(31)30-23(16(3)4)25(32)29-21(26(33)34)12-17-8-6-5-7-9-17/h5-11,13,15-16,20-21,23H,12,14,28H2,1-4H3,(H,29,32)(H,30,31)(H,33,34)/t20-,21+,23+/m1/s1. The van der Waals surface area contributed by atoms with Gasteiger partial charge in [-0.1, -0.05) is 69.6 Å². The molecule has 0 saturated heterocycles. The number of benzene rings is 2. The molecule has 2 aromatic carbocycles. The van der Waals surface area contributed by atoms with Gasteiger partial charge in [0.25, 0.3) is 5.91 Å². The minimum absolute atomic E-state index is 0.114. The van der Waals surface area contributed by atoms with E-state index < -0.39 is 29.9 Å². The minimum Gasteiger partial charge on any atom is -0.491 e. The zero-order chi connectivity index (χ0) is 26.1. The van der Waals surface area contributed by atoms with Crippen LogP contribution < -0.4 is 21.1 Å². The van der Waals surface area contributed by atoms with Gasteiger partial charge < -0.3 is 26.2 Å². The molecule has 0 aliphatic carbocycles. The summed E-state index contributed by atoms with van der Waals surface area (Å²) >= 11 is 6.11. The summed E-state index contributed by atoms with van der Waals surface area (Å²) in [5.41, 5.74) is 6.98. The maximum absolute atomic E-state index is 13.1. The molecular weight excluding hydrogens is 470 g/mol. The Morgan fingerprint density at radius 2 is 1.66 bits per heavy atom. The monoisotopic (exact) mass is 503 g/mol. The van der Waals surface area contributed by atoms with Crippen LogP contribution in [0.2, 0.25) is 5.02 Å². The number of halogens is 1. The van der Waals surface area contributed by atoms with Crippen molar-refractivity contribution in [2.75, 3.05) is 6.61 Å². The summed E-state index contributed by atoms with van der Waals surface area (Å²) in [5, 5.41) is 15.2. The van der Waals surface area contributed by atoms with E-state index in [-0.39, 0.29) is 36.5 Å². The van der Waals surface area contributed by atoms with E-state index in [0.717, 1.165) is 5.56 Å². The molecule has 0 spiro atoms. The molecule has 0 aliphatic heterocycles. The number of carbonyl (C=O) groups is 3. The second kappa shape index (κ2) is 13.1. The predicted molar refractivity (Wildman–Crippen MR) is 136 cm³/mol. The molecule has 5 N–H and O–H groups in total. The number of hydrogen-bond acceptors (Lipinski definition) is 5. The van der Waals surface area contributed by atoms with Crippen LogP contribution in [0.1, 0.15) is 43.6 Å². The largest absolute Gasteiger partial charge is 0.491 e. The second-order valence-corrected chi connectivity index (χ2v) is 9.58. The Morgan fingerprint density at radius 3 is 2.23 bits per heavy atom. The summed E-state index contributed by atoms with van der Waals surface area (Å²) in [6.07, 6.45) is 0.114. The first-order valence-electron chi connectivity index (χ1n) is 11.6. The summed E-state index contributed by atoms with van der Waals surface area (Å²) in [4.78, 5) is 38.0. The Kier molecular flexibility index (Phi) is 10.5. The molecule has 2 aromatic rings. The highest BCUT2D eigenvalue weighted by Crippen LogP contribution is 2.24. The van der Waals surface area contributed by atoms with Crippen LogP contribution in [0.3, 0.4) is 0 Å². The number of amides is 2. The third-order valence-electron chi connectivity index (χ3n) is 5.61. The van der Waals surface area contributed by atoms with E-state index in [0.29, 0.717) is 10.8 Å². The van der Waals surface area contributed by atoms with Gasteiger partial charge >= 0.3 is 5.97 Å². The molecule has 0 fully saturated rings. The van der Waals surface area contributed by atoms with Crippen LogP contribution in [0.4, 0.5) is 0 Å². The molecule has 9 heteroatoms. The fourth-order valence-electron chi connectivity index (χ4n) is 3.25. The maximum Gasteiger partial charge on any atom is 0.326 e. The lowest BCUT2D eigenvalue weighted by Crippen LogP contribution is -2.54. The first-order valence-corrected chi connectivity index (χ1v) is 11.9. The highest BCUT2D eigenvalue weighted by Gasteiger charge is 2.30. The van der Waals surface area contributed by atoms with Gasteiger partial charge in [-0.25, -0.2) is 4.79 Å². The van der Waals surface area contributed by atoms with Crippen LogP contribution >= 0.6 is 11.6 Å². The summed E-state index contributed by atoms with van der Waals surface area (Å²) in [7, 11) is 0. The van der Waals surface area contributed by atoms with Crippen LogP contribution in [0, 0.1) is 11.8 Å². The van der Waals surface area contributed by atoms with Gasteiger partial charge in [-0.2, -0.15) is 0 Å². The molecule has 190 valence electrons.